The Bertz CT molecular complexity index is 690. The number of hydrogen-bond acceptors (Lipinski definition) is 4. The van der Waals surface area contributed by atoms with Gasteiger partial charge in [0.05, 0.1) is 18.6 Å². The number of alkyl halides is 4. The SMILES string of the molecule is CCCCC(C)([C@H](O)/C=C/[C@@H]1[C@H]2C(F)/C(=C/CCCC(=O)OC)O[C@H]2C[C@H]1C)C(F)(F)F. The molecule has 184 valence electrons. The molecule has 2 aliphatic rings. The molecule has 1 N–H and O–H groups in total. The summed E-state index contributed by atoms with van der Waals surface area (Å²) < 4.78 is 66.6. The van der Waals surface area contributed by atoms with Crippen molar-refractivity contribution in [1.29, 1.82) is 0 Å². The smallest absolute Gasteiger partial charge is 0.397 e. The van der Waals surface area contributed by atoms with Gasteiger partial charge in [-0.05, 0) is 50.5 Å². The maximum atomic E-state index is 15.2. The third-order valence-corrected chi connectivity index (χ3v) is 7.06. The Morgan fingerprint density at radius 3 is 2.62 bits per heavy atom. The van der Waals surface area contributed by atoms with Crippen LogP contribution in [-0.2, 0) is 14.3 Å². The van der Waals surface area contributed by atoms with Gasteiger partial charge >= 0.3 is 12.1 Å². The molecule has 1 saturated heterocycles. The first-order valence-electron chi connectivity index (χ1n) is 11.5. The highest BCUT2D eigenvalue weighted by Gasteiger charge is 2.55. The molecule has 0 aromatic carbocycles. The summed E-state index contributed by atoms with van der Waals surface area (Å²) >= 11 is 0. The van der Waals surface area contributed by atoms with Crippen LogP contribution in [0.2, 0.25) is 0 Å². The highest BCUT2D eigenvalue weighted by atomic mass is 19.4. The number of hydrogen-bond donors (Lipinski definition) is 1. The number of rotatable bonds is 10. The minimum absolute atomic E-state index is 0.0281. The molecule has 0 amide bonds. The largest absolute Gasteiger partial charge is 0.492 e. The van der Waals surface area contributed by atoms with Crippen LogP contribution >= 0.6 is 0 Å². The van der Waals surface area contributed by atoms with E-state index in [-0.39, 0.29) is 42.5 Å². The molecule has 7 atom stereocenters. The molecule has 0 radical (unpaired) electrons. The predicted octanol–water partition coefficient (Wildman–Crippen LogP) is 5.90. The zero-order valence-electron chi connectivity index (χ0n) is 19.3. The van der Waals surface area contributed by atoms with Gasteiger partial charge in [-0.1, -0.05) is 38.8 Å². The van der Waals surface area contributed by atoms with Crippen molar-refractivity contribution in [3.05, 3.63) is 24.0 Å². The van der Waals surface area contributed by atoms with Gasteiger partial charge in [0.25, 0.3) is 0 Å². The average molecular weight is 465 g/mol. The quantitative estimate of drug-likeness (QED) is 0.189. The number of aliphatic hydroxyl groups excluding tert-OH is 1. The van der Waals surface area contributed by atoms with Gasteiger partial charge in [0, 0.05) is 12.3 Å². The number of aliphatic hydroxyl groups is 1. The van der Waals surface area contributed by atoms with E-state index in [2.05, 4.69) is 4.74 Å². The van der Waals surface area contributed by atoms with Crippen molar-refractivity contribution in [3.8, 4) is 0 Å². The molecule has 1 saturated carbocycles. The molecule has 0 spiro atoms. The van der Waals surface area contributed by atoms with Crippen LogP contribution in [0, 0.1) is 23.2 Å². The van der Waals surface area contributed by atoms with E-state index in [0.717, 1.165) is 6.92 Å². The fraction of sp³-hybridized carbons (Fsp3) is 0.792. The summed E-state index contributed by atoms with van der Waals surface area (Å²) in [5.74, 6) is -0.881. The molecule has 0 aromatic heterocycles. The monoisotopic (exact) mass is 464 g/mol. The topological polar surface area (TPSA) is 55.8 Å². The molecule has 4 nitrogen and oxygen atoms in total. The van der Waals surface area contributed by atoms with E-state index in [1.807, 2.05) is 6.92 Å². The van der Waals surface area contributed by atoms with Gasteiger partial charge in [-0.15, -0.1) is 0 Å². The van der Waals surface area contributed by atoms with Gasteiger partial charge < -0.3 is 14.6 Å². The van der Waals surface area contributed by atoms with Crippen molar-refractivity contribution in [2.75, 3.05) is 7.11 Å². The first-order valence-corrected chi connectivity index (χ1v) is 11.5. The van der Waals surface area contributed by atoms with Crippen molar-refractivity contribution >= 4 is 5.97 Å². The molecule has 2 fully saturated rings. The lowest BCUT2D eigenvalue weighted by Crippen LogP contribution is -2.44. The number of unbranched alkanes of at least 4 members (excludes halogenated alkanes) is 2. The van der Waals surface area contributed by atoms with Crippen LogP contribution in [0.1, 0.15) is 65.7 Å². The highest BCUT2D eigenvalue weighted by Crippen LogP contribution is 2.50. The number of esters is 1. The van der Waals surface area contributed by atoms with Gasteiger partial charge in [0.2, 0.25) is 0 Å². The second-order valence-corrected chi connectivity index (χ2v) is 9.35. The van der Waals surface area contributed by atoms with Crippen LogP contribution < -0.4 is 0 Å². The number of halogens is 4. The second-order valence-electron chi connectivity index (χ2n) is 9.35. The Kier molecular flexibility index (Phi) is 9.20. The summed E-state index contributed by atoms with van der Waals surface area (Å²) in [4.78, 5) is 11.2. The van der Waals surface area contributed by atoms with Gasteiger partial charge in [0.1, 0.15) is 11.9 Å². The van der Waals surface area contributed by atoms with Crippen LogP contribution in [0.3, 0.4) is 0 Å². The van der Waals surface area contributed by atoms with Crippen LogP contribution in [0.5, 0.6) is 0 Å². The number of fused-ring (bicyclic) bond motifs is 1. The lowest BCUT2D eigenvalue weighted by Gasteiger charge is -2.35. The standard InChI is InChI=1S/C24H36F4O4/c1-5-6-13-23(3,24(26,27)28)19(29)12-11-16-15(2)14-18-21(16)22(25)17(32-18)9-7-8-10-20(30)31-4/h9,11-12,15-16,18-19,21-22,29H,5-8,10,13-14H2,1-4H3/b12-11+,17-9-/t15-,16+,18+,19-,21-,22?,23?/m1/s1. The zero-order valence-corrected chi connectivity index (χ0v) is 19.3. The normalized spacial score (nSPS) is 32.0. The molecule has 32 heavy (non-hydrogen) atoms. The summed E-state index contributed by atoms with van der Waals surface area (Å²) in [6, 6.07) is 0. The van der Waals surface area contributed by atoms with E-state index in [1.54, 1.807) is 19.1 Å². The molecule has 8 heteroatoms. The Morgan fingerprint density at radius 1 is 1.34 bits per heavy atom. The summed E-state index contributed by atoms with van der Waals surface area (Å²) in [5.41, 5.74) is -2.24. The van der Waals surface area contributed by atoms with Crippen molar-refractivity contribution in [2.24, 2.45) is 23.2 Å². The number of ether oxygens (including phenoxy) is 2. The Labute approximate surface area is 188 Å². The molecule has 2 unspecified atom stereocenters. The Balaban J connectivity index is 2.08. The van der Waals surface area contributed by atoms with E-state index in [1.165, 1.54) is 13.2 Å². The number of methoxy groups -OCH3 is 1. The van der Waals surface area contributed by atoms with Crippen LogP contribution in [0.15, 0.2) is 24.0 Å². The van der Waals surface area contributed by atoms with Crippen molar-refractivity contribution < 1.29 is 36.9 Å². The first-order chi connectivity index (χ1) is 15.0. The summed E-state index contributed by atoms with van der Waals surface area (Å²) in [6.45, 7) is 4.78. The molecule has 1 heterocycles. The summed E-state index contributed by atoms with van der Waals surface area (Å²) in [7, 11) is 1.31. The van der Waals surface area contributed by atoms with E-state index in [4.69, 9.17) is 4.74 Å². The maximum Gasteiger partial charge on any atom is 0.397 e. The second kappa shape index (κ2) is 11.0. The van der Waals surface area contributed by atoms with Crippen molar-refractivity contribution in [3.63, 3.8) is 0 Å². The molecular formula is C24H36F4O4. The van der Waals surface area contributed by atoms with Gasteiger partial charge in [0.15, 0.2) is 6.17 Å². The molecule has 0 bridgehead atoms. The molecule has 2 rings (SSSR count). The van der Waals surface area contributed by atoms with E-state index in [9.17, 15) is 23.1 Å². The lowest BCUT2D eigenvalue weighted by atomic mass is 9.77. The van der Waals surface area contributed by atoms with E-state index < -0.39 is 29.8 Å². The Morgan fingerprint density at radius 2 is 2.03 bits per heavy atom. The maximum absolute atomic E-state index is 15.2. The molecular weight excluding hydrogens is 428 g/mol. The van der Waals surface area contributed by atoms with Crippen molar-refractivity contribution in [1.82, 2.24) is 0 Å². The lowest BCUT2D eigenvalue weighted by molar-refractivity contribution is -0.244. The fourth-order valence-electron chi connectivity index (χ4n) is 4.77. The van der Waals surface area contributed by atoms with Crippen molar-refractivity contribution in [2.45, 2.75) is 90.3 Å². The van der Waals surface area contributed by atoms with Crippen LogP contribution in [0.4, 0.5) is 17.6 Å². The number of carbonyl (C=O) groups excluding carboxylic acids is 1. The number of allylic oxidation sites excluding steroid dienone is 3. The van der Waals surface area contributed by atoms with Crippen LogP contribution in [-0.4, -0.2) is 42.7 Å². The fourth-order valence-corrected chi connectivity index (χ4v) is 4.77. The molecule has 1 aliphatic heterocycles. The predicted molar refractivity (Wildman–Crippen MR) is 113 cm³/mol. The van der Waals surface area contributed by atoms with Gasteiger partial charge in [-0.25, -0.2) is 4.39 Å². The van der Waals surface area contributed by atoms with Gasteiger partial charge in [-0.2, -0.15) is 13.2 Å². The average Bonchev–Trinajstić information content (AvgIpc) is 3.20. The molecule has 0 aromatic rings. The Hall–Kier alpha value is -1.57. The first kappa shape index (κ1) is 26.7. The zero-order chi connectivity index (χ0) is 24.1. The third kappa shape index (κ3) is 5.86. The van der Waals surface area contributed by atoms with Gasteiger partial charge in [-0.3, -0.25) is 4.79 Å². The molecule has 1 aliphatic carbocycles. The summed E-state index contributed by atoms with van der Waals surface area (Å²) in [6.07, 6.45) is -0.916. The van der Waals surface area contributed by atoms with Crippen LogP contribution in [0.25, 0.3) is 0 Å². The third-order valence-electron chi connectivity index (χ3n) is 7.06. The number of carbonyl (C=O) groups is 1. The van der Waals surface area contributed by atoms with E-state index >= 15 is 4.39 Å². The highest BCUT2D eigenvalue weighted by molar-refractivity contribution is 5.69. The van der Waals surface area contributed by atoms with E-state index in [0.29, 0.717) is 32.1 Å². The summed E-state index contributed by atoms with van der Waals surface area (Å²) in [5, 5.41) is 10.5. The minimum Gasteiger partial charge on any atom is -0.492 e. The minimum atomic E-state index is -4.55.